The van der Waals surface area contributed by atoms with Crippen molar-refractivity contribution in [2.45, 2.75) is 27.2 Å². The van der Waals surface area contributed by atoms with Crippen LogP contribution in [0.15, 0.2) is 152 Å². The third-order valence-electron chi connectivity index (χ3n) is 9.96. The van der Waals surface area contributed by atoms with Gasteiger partial charge in [-0.05, 0) is 127 Å². The van der Waals surface area contributed by atoms with Crippen LogP contribution < -0.4 is 0 Å². The Morgan fingerprint density at radius 3 is 1.46 bits per heavy atom. The molecule has 0 saturated carbocycles. The molecule has 0 aliphatic rings. The van der Waals surface area contributed by atoms with E-state index >= 15 is 0 Å². The predicted molar refractivity (Wildman–Crippen MR) is 199 cm³/mol. The maximum Gasteiger partial charge on any atom is -0.00196 e. The third kappa shape index (κ3) is 4.78. The van der Waals surface area contributed by atoms with Crippen LogP contribution in [0.4, 0.5) is 0 Å². The van der Waals surface area contributed by atoms with Crippen LogP contribution in [0.25, 0.3) is 65.7 Å². The largest absolute Gasteiger partial charge is 0.0620 e. The van der Waals surface area contributed by atoms with E-state index in [4.69, 9.17) is 0 Å². The zero-order valence-electron chi connectivity index (χ0n) is 26.6. The number of aryl methyl sites for hydroxylation is 1. The third-order valence-corrected chi connectivity index (χ3v) is 9.96. The fourth-order valence-corrected chi connectivity index (χ4v) is 7.34. The Bertz CT molecular complexity index is 2370. The first-order valence-electron chi connectivity index (χ1n) is 16.2. The average Bonchev–Trinajstić information content (AvgIpc) is 3.10. The number of rotatable bonds is 5. The van der Waals surface area contributed by atoms with Gasteiger partial charge in [-0.1, -0.05) is 146 Å². The van der Waals surface area contributed by atoms with E-state index in [0.717, 1.165) is 6.42 Å². The molecule has 0 bridgehead atoms. The van der Waals surface area contributed by atoms with Gasteiger partial charge in [-0.3, -0.25) is 0 Å². The first kappa shape index (κ1) is 28.0. The summed E-state index contributed by atoms with van der Waals surface area (Å²) < 4.78 is 0. The minimum Gasteiger partial charge on any atom is -0.0620 e. The molecule has 0 spiro atoms. The molecule has 0 aliphatic heterocycles. The molecule has 8 rings (SSSR count). The molecule has 8 aromatic carbocycles. The van der Waals surface area contributed by atoms with E-state index in [1.807, 2.05) is 0 Å². The molecular weight excluding hydrogens is 553 g/mol. The second-order valence-corrected chi connectivity index (χ2v) is 12.6. The molecule has 220 valence electrons. The number of hydrogen-bond donors (Lipinski definition) is 0. The summed E-state index contributed by atoms with van der Waals surface area (Å²) in [4.78, 5) is 0. The first-order chi connectivity index (χ1) is 22.6. The van der Waals surface area contributed by atoms with Gasteiger partial charge in [0.25, 0.3) is 0 Å². The van der Waals surface area contributed by atoms with Crippen molar-refractivity contribution in [1.29, 1.82) is 0 Å². The molecule has 0 amide bonds. The van der Waals surface area contributed by atoms with E-state index in [2.05, 4.69) is 172 Å². The van der Waals surface area contributed by atoms with E-state index in [1.165, 1.54) is 93.5 Å². The standard InChI is InChI=1S/C46H36/c1-30-12-4-6-14-37(30)38-26-27-39(32(3)31(38)2)40-15-7-5-13-36(40)28-33-20-22-34(23-21-33)35-24-25-45-43-18-9-8-16-41(43)42-17-10-11-19-44(42)46(45)29-35/h4-27,29H,28H2,1-3H3. The molecule has 0 heterocycles. The molecule has 0 aliphatic carbocycles. The topological polar surface area (TPSA) is 0 Å². The average molecular weight is 589 g/mol. The van der Waals surface area contributed by atoms with Crippen molar-refractivity contribution >= 4 is 32.3 Å². The monoisotopic (exact) mass is 588 g/mol. The zero-order chi connectivity index (χ0) is 31.2. The van der Waals surface area contributed by atoms with Crippen molar-refractivity contribution in [3.8, 4) is 33.4 Å². The van der Waals surface area contributed by atoms with Crippen LogP contribution in [-0.2, 0) is 6.42 Å². The van der Waals surface area contributed by atoms with Crippen molar-refractivity contribution in [3.05, 3.63) is 179 Å². The van der Waals surface area contributed by atoms with Crippen molar-refractivity contribution in [2.75, 3.05) is 0 Å². The van der Waals surface area contributed by atoms with Gasteiger partial charge in [-0.15, -0.1) is 0 Å². The Labute approximate surface area is 271 Å². The predicted octanol–water partition coefficient (Wildman–Crippen LogP) is 12.7. The summed E-state index contributed by atoms with van der Waals surface area (Å²) in [6, 6.07) is 55.9. The van der Waals surface area contributed by atoms with Crippen molar-refractivity contribution in [3.63, 3.8) is 0 Å². The van der Waals surface area contributed by atoms with E-state index in [0.29, 0.717) is 0 Å². The van der Waals surface area contributed by atoms with Gasteiger partial charge in [0.15, 0.2) is 0 Å². The quantitative estimate of drug-likeness (QED) is 0.175. The summed E-state index contributed by atoms with van der Waals surface area (Å²) >= 11 is 0. The van der Waals surface area contributed by atoms with Crippen LogP contribution in [0.1, 0.15) is 27.8 Å². The van der Waals surface area contributed by atoms with Crippen LogP contribution in [0.2, 0.25) is 0 Å². The number of fused-ring (bicyclic) bond motifs is 6. The molecule has 8 aromatic rings. The molecule has 0 radical (unpaired) electrons. The van der Waals surface area contributed by atoms with E-state index < -0.39 is 0 Å². The minimum absolute atomic E-state index is 0.892. The Kier molecular flexibility index (Phi) is 7.00. The Morgan fingerprint density at radius 1 is 0.348 bits per heavy atom. The fraction of sp³-hybridized carbons (Fsp3) is 0.0870. The van der Waals surface area contributed by atoms with E-state index in [1.54, 1.807) is 0 Å². The highest BCUT2D eigenvalue weighted by atomic mass is 14.2. The Morgan fingerprint density at radius 2 is 0.826 bits per heavy atom. The van der Waals surface area contributed by atoms with Crippen molar-refractivity contribution in [1.82, 2.24) is 0 Å². The van der Waals surface area contributed by atoms with Gasteiger partial charge in [0.2, 0.25) is 0 Å². The highest BCUT2D eigenvalue weighted by Crippen LogP contribution is 2.38. The Balaban J connectivity index is 1.12. The summed E-state index contributed by atoms with van der Waals surface area (Å²) in [7, 11) is 0. The van der Waals surface area contributed by atoms with Gasteiger partial charge in [0.1, 0.15) is 0 Å². The van der Waals surface area contributed by atoms with Crippen LogP contribution in [-0.4, -0.2) is 0 Å². The van der Waals surface area contributed by atoms with Crippen LogP contribution in [0, 0.1) is 20.8 Å². The molecular formula is C46H36. The lowest BCUT2D eigenvalue weighted by Gasteiger charge is -2.18. The van der Waals surface area contributed by atoms with Gasteiger partial charge in [0, 0.05) is 0 Å². The lowest BCUT2D eigenvalue weighted by Crippen LogP contribution is -1.97. The van der Waals surface area contributed by atoms with E-state index in [-0.39, 0.29) is 0 Å². The highest BCUT2D eigenvalue weighted by molar-refractivity contribution is 6.25. The molecule has 46 heavy (non-hydrogen) atoms. The summed E-state index contributed by atoms with van der Waals surface area (Å²) in [5.74, 6) is 0. The number of benzene rings is 8. The molecule has 0 unspecified atom stereocenters. The van der Waals surface area contributed by atoms with Crippen LogP contribution >= 0.6 is 0 Å². The van der Waals surface area contributed by atoms with E-state index in [9.17, 15) is 0 Å². The maximum atomic E-state index is 2.38. The minimum atomic E-state index is 0.892. The van der Waals surface area contributed by atoms with Crippen molar-refractivity contribution in [2.24, 2.45) is 0 Å². The Hall–Kier alpha value is -5.46. The van der Waals surface area contributed by atoms with Gasteiger partial charge in [-0.25, -0.2) is 0 Å². The van der Waals surface area contributed by atoms with Gasteiger partial charge in [-0.2, -0.15) is 0 Å². The molecule has 0 saturated heterocycles. The fourth-order valence-electron chi connectivity index (χ4n) is 7.34. The summed E-state index contributed by atoms with van der Waals surface area (Å²) in [5, 5.41) is 7.87. The second kappa shape index (κ2) is 11.5. The maximum absolute atomic E-state index is 2.38. The summed E-state index contributed by atoms with van der Waals surface area (Å²) in [6.45, 7) is 6.73. The molecule has 0 N–H and O–H groups in total. The molecule has 0 atom stereocenters. The summed E-state index contributed by atoms with van der Waals surface area (Å²) in [5.41, 5.74) is 14.4. The first-order valence-corrected chi connectivity index (χ1v) is 16.2. The van der Waals surface area contributed by atoms with Crippen LogP contribution in [0.3, 0.4) is 0 Å². The smallest absolute Gasteiger partial charge is 0.00196 e. The lowest BCUT2D eigenvalue weighted by atomic mass is 9.87. The molecule has 0 aromatic heterocycles. The molecule has 0 fully saturated rings. The molecule has 0 heteroatoms. The second-order valence-electron chi connectivity index (χ2n) is 12.6. The SMILES string of the molecule is Cc1ccccc1-c1ccc(-c2ccccc2Cc2ccc(-c3ccc4c5ccccc5c5ccccc5c4c3)cc2)c(C)c1C. The van der Waals surface area contributed by atoms with Gasteiger partial charge >= 0.3 is 0 Å². The number of hydrogen-bond acceptors (Lipinski definition) is 0. The van der Waals surface area contributed by atoms with Gasteiger partial charge in [0.05, 0.1) is 0 Å². The zero-order valence-corrected chi connectivity index (χ0v) is 26.6. The summed E-state index contributed by atoms with van der Waals surface area (Å²) in [6.07, 6.45) is 0.892. The highest BCUT2D eigenvalue weighted by Gasteiger charge is 2.14. The lowest BCUT2D eigenvalue weighted by molar-refractivity contribution is 1.19. The van der Waals surface area contributed by atoms with Gasteiger partial charge < -0.3 is 0 Å². The van der Waals surface area contributed by atoms with Crippen molar-refractivity contribution < 1.29 is 0 Å². The molecule has 0 nitrogen and oxygen atoms in total. The normalized spacial score (nSPS) is 11.5. The van der Waals surface area contributed by atoms with Crippen LogP contribution in [0.5, 0.6) is 0 Å².